The largest absolute Gasteiger partial charge is 0.379 e. The zero-order valence-electron chi connectivity index (χ0n) is 21.1. The number of thiazole rings is 1. The van der Waals surface area contributed by atoms with Crippen molar-refractivity contribution in [2.24, 2.45) is 0 Å². The lowest BCUT2D eigenvalue weighted by molar-refractivity contribution is -0.118. The molecule has 3 aromatic carbocycles. The highest BCUT2D eigenvalue weighted by Crippen LogP contribution is 2.32. The summed E-state index contributed by atoms with van der Waals surface area (Å²) in [6.45, 7) is 9.34. The maximum atomic E-state index is 13.6. The van der Waals surface area contributed by atoms with Gasteiger partial charge in [-0.15, -0.1) is 0 Å². The number of fused-ring (bicyclic) bond motifs is 1. The van der Waals surface area contributed by atoms with Gasteiger partial charge >= 0.3 is 0 Å². The summed E-state index contributed by atoms with van der Waals surface area (Å²) in [6, 6.07) is 22.9. The van der Waals surface area contributed by atoms with Gasteiger partial charge < -0.3 is 4.74 Å². The van der Waals surface area contributed by atoms with Crippen molar-refractivity contribution in [2.75, 3.05) is 44.3 Å². The topological polar surface area (TPSA) is 45.7 Å². The molecule has 4 aromatic rings. The van der Waals surface area contributed by atoms with E-state index in [1.807, 2.05) is 23.1 Å². The minimum Gasteiger partial charge on any atom is -0.379 e. The van der Waals surface area contributed by atoms with Crippen LogP contribution in [-0.2, 0) is 16.0 Å². The standard InChI is InChI=1S/C30H33N3O2S/c1-22-9-14-27-29(23(22)2)31-30(36-27)33(16-6-15-32-17-19-35-20-18-32)28(34)21-24-10-12-26(13-11-24)25-7-4-3-5-8-25/h3-5,7-14H,6,15-21H2,1-2H3. The number of rotatable bonds is 8. The van der Waals surface area contributed by atoms with Gasteiger partial charge in [0, 0.05) is 26.2 Å². The van der Waals surface area contributed by atoms with Crippen molar-refractivity contribution in [1.29, 1.82) is 0 Å². The summed E-state index contributed by atoms with van der Waals surface area (Å²) < 4.78 is 6.61. The maximum absolute atomic E-state index is 13.6. The minimum absolute atomic E-state index is 0.0952. The molecule has 6 heteroatoms. The van der Waals surface area contributed by atoms with Gasteiger partial charge in [-0.05, 0) is 54.2 Å². The number of carbonyl (C=O) groups is 1. The Morgan fingerprint density at radius 3 is 2.44 bits per heavy atom. The highest BCUT2D eigenvalue weighted by atomic mass is 32.1. The van der Waals surface area contributed by atoms with Crippen molar-refractivity contribution >= 4 is 32.6 Å². The zero-order chi connectivity index (χ0) is 24.9. The van der Waals surface area contributed by atoms with Crippen LogP contribution in [0.5, 0.6) is 0 Å². The van der Waals surface area contributed by atoms with E-state index in [0.717, 1.165) is 65.7 Å². The van der Waals surface area contributed by atoms with Gasteiger partial charge in [-0.2, -0.15) is 0 Å². The molecule has 5 nitrogen and oxygen atoms in total. The summed E-state index contributed by atoms with van der Waals surface area (Å²) in [6.07, 6.45) is 1.27. The van der Waals surface area contributed by atoms with E-state index in [4.69, 9.17) is 9.72 Å². The third kappa shape index (κ3) is 5.67. The number of carbonyl (C=O) groups excluding carboxylic acids is 1. The van der Waals surface area contributed by atoms with Gasteiger partial charge in [-0.25, -0.2) is 4.98 Å². The van der Waals surface area contributed by atoms with Crippen LogP contribution < -0.4 is 4.90 Å². The second-order valence-electron chi connectivity index (χ2n) is 9.44. The van der Waals surface area contributed by atoms with Crippen LogP contribution in [0.25, 0.3) is 21.3 Å². The van der Waals surface area contributed by atoms with Gasteiger partial charge in [0.2, 0.25) is 5.91 Å². The highest BCUT2D eigenvalue weighted by molar-refractivity contribution is 7.22. The normalized spacial score (nSPS) is 14.3. The van der Waals surface area contributed by atoms with E-state index in [1.165, 1.54) is 16.7 Å². The number of aromatic nitrogens is 1. The van der Waals surface area contributed by atoms with Crippen molar-refractivity contribution in [3.05, 3.63) is 83.4 Å². The molecule has 1 aliphatic rings. The molecular formula is C30H33N3O2S. The summed E-state index contributed by atoms with van der Waals surface area (Å²) >= 11 is 1.61. The monoisotopic (exact) mass is 499 g/mol. The number of nitrogens with zero attached hydrogens (tertiary/aromatic N) is 3. The lowest BCUT2D eigenvalue weighted by Crippen LogP contribution is -2.39. The number of morpholine rings is 1. The first-order valence-corrected chi connectivity index (χ1v) is 13.5. The van der Waals surface area contributed by atoms with Crippen molar-refractivity contribution in [3.8, 4) is 11.1 Å². The summed E-state index contributed by atoms with van der Waals surface area (Å²) in [7, 11) is 0. The molecule has 5 rings (SSSR count). The number of aryl methyl sites for hydroxylation is 2. The van der Waals surface area contributed by atoms with E-state index in [9.17, 15) is 4.79 Å². The number of ether oxygens (including phenoxy) is 1. The SMILES string of the molecule is Cc1ccc2sc(N(CCCN3CCOCC3)C(=O)Cc3ccc(-c4ccccc4)cc3)nc2c1C. The molecule has 2 heterocycles. The first kappa shape index (κ1) is 24.6. The van der Waals surface area contributed by atoms with Crippen molar-refractivity contribution in [3.63, 3.8) is 0 Å². The van der Waals surface area contributed by atoms with Crippen LogP contribution in [0.4, 0.5) is 5.13 Å². The highest BCUT2D eigenvalue weighted by Gasteiger charge is 2.21. The molecule has 1 saturated heterocycles. The molecule has 0 radical (unpaired) electrons. The molecule has 0 aliphatic carbocycles. The minimum atomic E-state index is 0.0952. The Bertz CT molecular complexity index is 1310. The summed E-state index contributed by atoms with van der Waals surface area (Å²) in [5.41, 5.74) is 6.78. The van der Waals surface area contributed by atoms with Gasteiger partial charge in [0.05, 0.1) is 29.9 Å². The molecule has 0 N–H and O–H groups in total. The lowest BCUT2D eigenvalue weighted by Gasteiger charge is -2.27. The Balaban J connectivity index is 1.34. The summed E-state index contributed by atoms with van der Waals surface area (Å²) in [4.78, 5) is 22.9. The molecule has 0 saturated carbocycles. The van der Waals surface area contributed by atoms with Crippen LogP contribution in [-0.4, -0.2) is 55.2 Å². The molecule has 0 bridgehead atoms. The van der Waals surface area contributed by atoms with Gasteiger partial charge in [0.1, 0.15) is 0 Å². The average Bonchev–Trinajstić information content (AvgIpc) is 3.35. The molecule has 0 spiro atoms. The summed E-state index contributed by atoms with van der Waals surface area (Å²) in [5.74, 6) is 0.0952. The van der Waals surface area contributed by atoms with E-state index in [-0.39, 0.29) is 5.91 Å². The third-order valence-corrected chi connectivity index (χ3v) is 8.03. The van der Waals surface area contributed by atoms with Gasteiger partial charge in [-0.3, -0.25) is 14.6 Å². The number of anilines is 1. The molecular weight excluding hydrogens is 466 g/mol. The van der Waals surface area contributed by atoms with Crippen molar-refractivity contribution in [2.45, 2.75) is 26.7 Å². The average molecular weight is 500 g/mol. The molecule has 1 aliphatic heterocycles. The first-order chi connectivity index (χ1) is 17.6. The molecule has 36 heavy (non-hydrogen) atoms. The molecule has 0 atom stereocenters. The number of hydrogen-bond donors (Lipinski definition) is 0. The second kappa shape index (κ2) is 11.3. The Hall–Kier alpha value is -3.06. The lowest BCUT2D eigenvalue weighted by atomic mass is 10.0. The predicted molar refractivity (Wildman–Crippen MR) is 149 cm³/mol. The Morgan fingerprint density at radius 1 is 0.972 bits per heavy atom. The Morgan fingerprint density at radius 2 is 1.69 bits per heavy atom. The smallest absolute Gasteiger partial charge is 0.233 e. The van der Waals surface area contributed by atoms with Crippen LogP contribution in [0, 0.1) is 13.8 Å². The van der Waals surface area contributed by atoms with Gasteiger partial charge in [0.25, 0.3) is 0 Å². The number of benzene rings is 3. The van der Waals surface area contributed by atoms with Crippen molar-refractivity contribution < 1.29 is 9.53 Å². The van der Waals surface area contributed by atoms with Crippen molar-refractivity contribution in [1.82, 2.24) is 9.88 Å². The fourth-order valence-corrected chi connectivity index (χ4v) is 5.72. The van der Waals surface area contributed by atoms with Crippen LogP contribution in [0.1, 0.15) is 23.1 Å². The van der Waals surface area contributed by atoms with E-state index in [1.54, 1.807) is 11.3 Å². The van der Waals surface area contributed by atoms with E-state index >= 15 is 0 Å². The van der Waals surface area contributed by atoms with Crippen LogP contribution >= 0.6 is 11.3 Å². The molecule has 1 amide bonds. The fraction of sp³-hybridized carbons (Fsp3) is 0.333. The predicted octanol–water partition coefficient (Wildman–Crippen LogP) is 5.88. The molecule has 186 valence electrons. The fourth-order valence-electron chi connectivity index (χ4n) is 4.65. The van der Waals surface area contributed by atoms with E-state index in [2.05, 4.69) is 67.3 Å². The third-order valence-electron chi connectivity index (χ3n) is 6.98. The second-order valence-corrected chi connectivity index (χ2v) is 10.5. The molecule has 0 unspecified atom stereocenters. The number of amides is 1. The molecule has 1 aromatic heterocycles. The van der Waals surface area contributed by atoms with E-state index < -0.39 is 0 Å². The van der Waals surface area contributed by atoms with Crippen LogP contribution in [0.2, 0.25) is 0 Å². The summed E-state index contributed by atoms with van der Waals surface area (Å²) in [5, 5.41) is 0.798. The Kier molecular flexibility index (Phi) is 7.75. The first-order valence-electron chi connectivity index (χ1n) is 12.7. The quantitative estimate of drug-likeness (QED) is 0.304. The zero-order valence-corrected chi connectivity index (χ0v) is 21.9. The van der Waals surface area contributed by atoms with E-state index in [0.29, 0.717) is 13.0 Å². The van der Waals surface area contributed by atoms with Gasteiger partial charge in [-0.1, -0.05) is 72.0 Å². The molecule has 1 fully saturated rings. The Labute approximate surface area is 217 Å². The maximum Gasteiger partial charge on any atom is 0.233 e. The number of hydrogen-bond acceptors (Lipinski definition) is 5. The van der Waals surface area contributed by atoms with Crippen LogP contribution in [0.15, 0.2) is 66.7 Å². The van der Waals surface area contributed by atoms with Crippen LogP contribution in [0.3, 0.4) is 0 Å². The van der Waals surface area contributed by atoms with Gasteiger partial charge in [0.15, 0.2) is 5.13 Å².